The van der Waals surface area contributed by atoms with Crippen molar-refractivity contribution in [1.82, 2.24) is 10.2 Å². The fraction of sp³-hybridized carbons (Fsp3) is 0.882. The Labute approximate surface area is 129 Å². The van der Waals surface area contributed by atoms with Gasteiger partial charge in [0.25, 0.3) is 0 Å². The summed E-state index contributed by atoms with van der Waals surface area (Å²) in [4.78, 5) is 2.51. The summed E-state index contributed by atoms with van der Waals surface area (Å²) in [7, 11) is 1.77. The number of hydrogen-bond acceptors (Lipinski definition) is 4. The van der Waals surface area contributed by atoms with Gasteiger partial charge in [0, 0.05) is 33.3 Å². The van der Waals surface area contributed by atoms with Gasteiger partial charge < -0.3 is 14.8 Å². The van der Waals surface area contributed by atoms with Crippen LogP contribution >= 0.6 is 0 Å². The molecular formula is C17H32N2O2. The van der Waals surface area contributed by atoms with E-state index in [2.05, 4.69) is 30.1 Å². The van der Waals surface area contributed by atoms with Gasteiger partial charge >= 0.3 is 0 Å². The fourth-order valence-electron chi connectivity index (χ4n) is 3.12. The second kappa shape index (κ2) is 8.89. The van der Waals surface area contributed by atoms with Gasteiger partial charge in [0.2, 0.25) is 0 Å². The van der Waals surface area contributed by atoms with E-state index in [0.29, 0.717) is 18.1 Å². The fourth-order valence-corrected chi connectivity index (χ4v) is 3.12. The van der Waals surface area contributed by atoms with E-state index in [1.54, 1.807) is 7.11 Å². The molecule has 122 valence electrons. The van der Waals surface area contributed by atoms with Crippen LogP contribution in [0.3, 0.4) is 0 Å². The van der Waals surface area contributed by atoms with Crippen LogP contribution in [0.5, 0.6) is 0 Å². The predicted molar refractivity (Wildman–Crippen MR) is 86.6 cm³/mol. The first-order valence-corrected chi connectivity index (χ1v) is 8.42. The summed E-state index contributed by atoms with van der Waals surface area (Å²) in [6, 6.07) is 0. The van der Waals surface area contributed by atoms with Crippen LogP contribution in [-0.4, -0.2) is 63.5 Å². The number of nitrogens with one attached hydrogen (secondary N) is 1. The van der Waals surface area contributed by atoms with Gasteiger partial charge in [-0.1, -0.05) is 19.9 Å². The lowest BCUT2D eigenvalue weighted by Gasteiger charge is -2.28. The molecule has 0 aliphatic carbocycles. The van der Waals surface area contributed by atoms with E-state index in [1.807, 2.05) is 0 Å². The highest BCUT2D eigenvalue weighted by atomic mass is 16.5. The Morgan fingerprint density at radius 1 is 1.38 bits per heavy atom. The monoisotopic (exact) mass is 296 g/mol. The summed E-state index contributed by atoms with van der Waals surface area (Å²) in [6.45, 7) is 10.6. The van der Waals surface area contributed by atoms with E-state index >= 15 is 0 Å². The molecule has 2 rings (SSSR count). The zero-order chi connectivity index (χ0) is 15.1. The minimum atomic E-state index is 0.415. The molecule has 1 saturated heterocycles. The first-order chi connectivity index (χ1) is 10.2. The second-order valence-electron chi connectivity index (χ2n) is 6.81. The Kier molecular flexibility index (Phi) is 7.17. The van der Waals surface area contributed by atoms with Crippen molar-refractivity contribution in [2.45, 2.75) is 45.3 Å². The van der Waals surface area contributed by atoms with Crippen LogP contribution in [0.1, 0.15) is 33.1 Å². The Hall–Kier alpha value is -0.420. The van der Waals surface area contributed by atoms with Crippen molar-refractivity contribution in [3.8, 4) is 0 Å². The van der Waals surface area contributed by atoms with E-state index in [9.17, 15) is 0 Å². The molecule has 0 amide bonds. The maximum atomic E-state index is 6.17. The van der Waals surface area contributed by atoms with Gasteiger partial charge in [-0.15, -0.1) is 0 Å². The number of hydrogen-bond donors (Lipinski definition) is 1. The van der Waals surface area contributed by atoms with Crippen molar-refractivity contribution in [2.75, 3.05) is 46.4 Å². The summed E-state index contributed by atoms with van der Waals surface area (Å²) in [5, 5.41) is 3.51. The van der Waals surface area contributed by atoms with Gasteiger partial charge in [-0.2, -0.15) is 0 Å². The van der Waals surface area contributed by atoms with Crippen molar-refractivity contribution in [3.63, 3.8) is 0 Å². The maximum absolute atomic E-state index is 6.17. The highest BCUT2D eigenvalue weighted by molar-refractivity contribution is 5.07. The zero-order valence-electron chi connectivity index (χ0n) is 13.9. The molecule has 0 spiro atoms. The number of nitrogens with zero attached hydrogens (tertiary/aromatic N) is 1. The molecular weight excluding hydrogens is 264 g/mol. The van der Waals surface area contributed by atoms with Gasteiger partial charge in [0.15, 0.2) is 0 Å². The first kappa shape index (κ1) is 16.9. The molecule has 1 fully saturated rings. The van der Waals surface area contributed by atoms with E-state index in [4.69, 9.17) is 9.47 Å². The number of ether oxygens (including phenoxy) is 2. The molecule has 2 atom stereocenters. The molecule has 0 bridgehead atoms. The second-order valence-corrected chi connectivity index (χ2v) is 6.81. The normalized spacial score (nSPS) is 27.3. The van der Waals surface area contributed by atoms with Crippen LogP contribution in [0, 0.1) is 5.92 Å². The smallest absolute Gasteiger partial charge is 0.0707 e. The average molecular weight is 296 g/mol. The molecule has 1 N–H and O–H groups in total. The molecule has 0 saturated carbocycles. The highest BCUT2D eigenvalue weighted by Gasteiger charge is 2.27. The summed E-state index contributed by atoms with van der Waals surface area (Å²) < 4.78 is 11.4. The number of methoxy groups -OCH3 is 1. The van der Waals surface area contributed by atoms with Crippen LogP contribution in [0.25, 0.3) is 0 Å². The molecule has 2 aliphatic heterocycles. The standard InChI is InChI=1S/C17H32N2O2/c1-14(2)10-18-11-16-4-5-17(21-16)12-19-8-6-15(7-9-19)13-20-3/h6,14,16-18H,4-5,7-13H2,1-3H3. The van der Waals surface area contributed by atoms with Crippen LogP contribution in [-0.2, 0) is 9.47 Å². The molecule has 2 aliphatic rings. The third kappa shape index (κ3) is 6.07. The summed E-state index contributed by atoms with van der Waals surface area (Å²) >= 11 is 0. The lowest BCUT2D eigenvalue weighted by molar-refractivity contribution is 0.0243. The summed E-state index contributed by atoms with van der Waals surface area (Å²) in [6.07, 6.45) is 6.71. The molecule has 0 aromatic rings. The lowest BCUT2D eigenvalue weighted by Crippen LogP contribution is -2.37. The minimum absolute atomic E-state index is 0.415. The predicted octanol–water partition coefficient (Wildman–Crippen LogP) is 2.06. The van der Waals surface area contributed by atoms with Crippen molar-refractivity contribution < 1.29 is 9.47 Å². The molecule has 4 nitrogen and oxygen atoms in total. The van der Waals surface area contributed by atoms with Gasteiger partial charge in [0.05, 0.1) is 18.8 Å². The highest BCUT2D eigenvalue weighted by Crippen LogP contribution is 2.21. The maximum Gasteiger partial charge on any atom is 0.0707 e. The van der Waals surface area contributed by atoms with E-state index in [1.165, 1.54) is 18.4 Å². The van der Waals surface area contributed by atoms with Gasteiger partial charge in [0.1, 0.15) is 0 Å². The third-order valence-corrected chi connectivity index (χ3v) is 4.30. The van der Waals surface area contributed by atoms with Crippen LogP contribution in [0.15, 0.2) is 11.6 Å². The van der Waals surface area contributed by atoms with Gasteiger partial charge in [-0.25, -0.2) is 0 Å². The first-order valence-electron chi connectivity index (χ1n) is 8.42. The van der Waals surface area contributed by atoms with Gasteiger partial charge in [-0.05, 0) is 37.3 Å². The SMILES string of the molecule is COCC1=CCN(CC2CCC(CNCC(C)C)O2)CC1. The molecule has 2 unspecified atom stereocenters. The Balaban J connectivity index is 1.62. The Morgan fingerprint density at radius 2 is 2.19 bits per heavy atom. The van der Waals surface area contributed by atoms with E-state index in [-0.39, 0.29) is 0 Å². The van der Waals surface area contributed by atoms with Crippen LogP contribution < -0.4 is 5.32 Å². The van der Waals surface area contributed by atoms with E-state index in [0.717, 1.165) is 45.8 Å². The molecule has 0 aromatic heterocycles. The molecule has 2 heterocycles. The summed E-state index contributed by atoms with van der Waals surface area (Å²) in [5.41, 5.74) is 1.44. The number of rotatable bonds is 8. The molecule has 21 heavy (non-hydrogen) atoms. The quantitative estimate of drug-likeness (QED) is 0.695. The Bertz CT molecular complexity index is 331. The summed E-state index contributed by atoms with van der Waals surface area (Å²) in [5.74, 6) is 0.712. The van der Waals surface area contributed by atoms with Crippen molar-refractivity contribution in [2.24, 2.45) is 5.92 Å². The van der Waals surface area contributed by atoms with Crippen LogP contribution in [0.2, 0.25) is 0 Å². The topological polar surface area (TPSA) is 33.7 Å². The molecule has 0 aromatic carbocycles. The lowest BCUT2D eigenvalue weighted by atomic mass is 10.1. The van der Waals surface area contributed by atoms with E-state index < -0.39 is 0 Å². The van der Waals surface area contributed by atoms with Crippen LogP contribution in [0.4, 0.5) is 0 Å². The largest absolute Gasteiger partial charge is 0.380 e. The van der Waals surface area contributed by atoms with Crippen molar-refractivity contribution in [3.05, 3.63) is 11.6 Å². The third-order valence-electron chi connectivity index (χ3n) is 4.30. The van der Waals surface area contributed by atoms with Crippen molar-refractivity contribution >= 4 is 0 Å². The van der Waals surface area contributed by atoms with Gasteiger partial charge in [-0.3, -0.25) is 4.90 Å². The minimum Gasteiger partial charge on any atom is -0.380 e. The molecule has 0 radical (unpaired) electrons. The Morgan fingerprint density at radius 3 is 2.86 bits per heavy atom. The average Bonchev–Trinajstić information content (AvgIpc) is 2.88. The zero-order valence-corrected chi connectivity index (χ0v) is 13.9. The van der Waals surface area contributed by atoms with Crippen molar-refractivity contribution in [1.29, 1.82) is 0 Å². The molecule has 4 heteroatoms.